The molecule has 252 valence electrons. The zero-order valence-corrected chi connectivity index (χ0v) is 27.8. The van der Waals surface area contributed by atoms with Crippen LogP contribution in [0.4, 0.5) is 4.79 Å². The number of nitriles is 1. The van der Waals surface area contributed by atoms with Crippen LogP contribution >= 0.6 is 0 Å². The summed E-state index contributed by atoms with van der Waals surface area (Å²) in [6, 6.07) is 16.9. The number of carbonyl (C=O) groups is 1. The third-order valence-corrected chi connectivity index (χ3v) is 10.3. The molecule has 0 aliphatic carbocycles. The van der Waals surface area contributed by atoms with E-state index in [1.165, 1.54) is 16.4 Å². The number of nitrogens with zero attached hydrogens (tertiary/aromatic N) is 2. The van der Waals surface area contributed by atoms with Gasteiger partial charge in [-0.15, -0.1) is 0 Å². The van der Waals surface area contributed by atoms with Crippen LogP contribution in [-0.4, -0.2) is 81.4 Å². The van der Waals surface area contributed by atoms with Gasteiger partial charge in [0.05, 0.1) is 48.8 Å². The molecule has 46 heavy (non-hydrogen) atoms. The second kappa shape index (κ2) is 16.6. The van der Waals surface area contributed by atoms with Gasteiger partial charge in [0.15, 0.2) is 6.29 Å². The van der Waals surface area contributed by atoms with E-state index >= 15 is 0 Å². The molecule has 12 heteroatoms. The van der Waals surface area contributed by atoms with E-state index in [0.717, 1.165) is 24.8 Å². The van der Waals surface area contributed by atoms with Gasteiger partial charge in [-0.25, -0.2) is 13.2 Å². The van der Waals surface area contributed by atoms with Crippen molar-refractivity contribution in [2.24, 2.45) is 11.3 Å². The molecule has 2 aromatic carbocycles. The van der Waals surface area contributed by atoms with Crippen LogP contribution in [0.25, 0.3) is 0 Å². The Morgan fingerprint density at radius 1 is 1.17 bits per heavy atom. The molecule has 2 N–H and O–H groups in total. The van der Waals surface area contributed by atoms with Gasteiger partial charge in [0.2, 0.25) is 10.0 Å². The largest absolute Gasteiger partial charge is 0.494 e. The molecule has 4 rings (SSSR count). The number of hydrogen-bond donors (Lipinski definition) is 2. The molecule has 5 atom stereocenters. The zero-order valence-electron chi connectivity index (χ0n) is 27.0. The second-order valence-electron chi connectivity index (χ2n) is 12.8. The van der Waals surface area contributed by atoms with Gasteiger partial charge in [-0.2, -0.15) is 9.57 Å². The quantitative estimate of drug-likeness (QED) is 0.232. The van der Waals surface area contributed by atoms with E-state index in [4.69, 9.17) is 18.9 Å². The highest BCUT2D eigenvalue weighted by Gasteiger charge is 2.44. The number of fused-ring (bicyclic) bond motifs is 1. The van der Waals surface area contributed by atoms with Crippen LogP contribution in [0.3, 0.4) is 0 Å². The third-order valence-electron chi connectivity index (χ3n) is 8.45. The zero-order chi connectivity index (χ0) is 33.2. The summed E-state index contributed by atoms with van der Waals surface area (Å²) in [4.78, 5) is 13.2. The Morgan fingerprint density at radius 2 is 1.91 bits per heavy atom. The normalized spacial score (nSPS) is 20.9. The van der Waals surface area contributed by atoms with E-state index in [1.807, 2.05) is 44.2 Å². The van der Waals surface area contributed by atoms with Crippen LogP contribution in [-0.2, 0) is 30.7 Å². The molecule has 2 saturated heterocycles. The number of rotatable bonds is 17. The lowest BCUT2D eigenvalue weighted by atomic mass is 9.88. The predicted octanol–water partition coefficient (Wildman–Crippen LogP) is 4.65. The van der Waals surface area contributed by atoms with Gasteiger partial charge in [-0.05, 0) is 60.9 Å². The fraction of sp³-hybridized carbons (Fsp3) is 0.588. The minimum absolute atomic E-state index is 0.0494. The van der Waals surface area contributed by atoms with Crippen molar-refractivity contribution in [2.45, 2.75) is 88.7 Å². The molecular formula is C34H47N3O8S. The Hall–Kier alpha value is -3.21. The number of sulfonamides is 1. The predicted molar refractivity (Wildman–Crippen MR) is 171 cm³/mol. The van der Waals surface area contributed by atoms with Gasteiger partial charge in [-0.1, -0.05) is 57.5 Å². The van der Waals surface area contributed by atoms with Gasteiger partial charge in [-0.3, -0.25) is 0 Å². The Kier molecular flexibility index (Phi) is 12.8. The summed E-state index contributed by atoms with van der Waals surface area (Å²) in [5.74, 6) is 0.519. The first-order chi connectivity index (χ1) is 22.0. The van der Waals surface area contributed by atoms with Gasteiger partial charge >= 0.3 is 6.09 Å². The summed E-state index contributed by atoms with van der Waals surface area (Å²) >= 11 is 0. The monoisotopic (exact) mass is 657 g/mol. The molecular weight excluding hydrogens is 610 g/mol. The molecule has 2 heterocycles. The number of hydrogen-bond acceptors (Lipinski definition) is 9. The van der Waals surface area contributed by atoms with Gasteiger partial charge in [0.1, 0.15) is 11.9 Å². The van der Waals surface area contributed by atoms with Crippen molar-refractivity contribution in [2.75, 3.05) is 32.9 Å². The molecule has 2 aromatic rings. The smallest absolute Gasteiger partial charge is 0.407 e. The van der Waals surface area contributed by atoms with Crippen LogP contribution in [0, 0.1) is 22.7 Å². The highest BCUT2D eigenvalue weighted by atomic mass is 32.2. The fourth-order valence-electron chi connectivity index (χ4n) is 5.75. The van der Waals surface area contributed by atoms with E-state index in [0.29, 0.717) is 25.4 Å². The summed E-state index contributed by atoms with van der Waals surface area (Å²) < 4.78 is 52.0. The molecule has 1 unspecified atom stereocenters. The lowest BCUT2D eigenvalue weighted by Gasteiger charge is -2.35. The standard InChI is InChI=1S/C34H47N3O8S/c1-4-5-19-42-26-12-14-27(15-13-26)46(40,41)37(24-34(2,3)17-9-18-35)22-30(38)29(21-25-10-7-6-8-11-25)36-33(39)45-31-23-44-32-28(31)16-20-43-32/h6-8,10-15,28-32,38H,4-5,9,16-17,19-24H2,1-3H3,(H,36,39)/t28-,29?,30+,31-,32+/m0/s1. The first-order valence-electron chi connectivity index (χ1n) is 16.0. The van der Waals surface area contributed by atoms with Gasteiger partial charge in [0, 0.05) is 19.5 Å². The summed E-state index contributed by atoms with van der Waals surface area (Å²) in [5, 5.41) is 23.7. The number of carbonyl (C=O) groups excluding carboxylic acids is 1. The Balaban J connectivity index is 1.55. The minimum Gasteiger partial charge on any atom is -0.494 e. The summed E-state index contributed by atoms with van der Waals surface area (Å²) in [6.07, 6.45) is 0.669. The Morgan fingerprint density at radius 3 is 2.61 bits per heavy atom. The van der Waals surface area contributed by atoms with Crippen LogP contribution in [0.5, 0.6) is 5.75 Å². The number of benzene rings is 2. The first-order valence-corrected chi connectivity index (χ1v) is 17.5. The van der Waals surface area contributed by atoms with E-state index in [2.05, 4.69) is 18.3 Å². The van der Waals surface area contributed by atoms with Crippen molar-refractivity contribution in [1.82, 2.24) is 9.62 Å². The average Bonchev–Trinajstić information content (AvgIpc) is 3.65. The average molecular weight is 658 g/mol. The number of unbranched alkanes of at least 4 members (excludes halogenated alkanes) is 1. The van der Waals surface area contributed by atoms with Crippen molar-refractivity contribution in [1.29, 1.82) is 5.26 Å². The number of aliphatic hydroxyl groups excluding tert-OH is 1. The molecule has 2 aliphatic rings. The maximum Gasteiger partial charge on any atom is 0.407 e. The molecule has 11 nitrogen and oxygen atoms in total. The molecule has 1 amide bonds. The molecule has 0 radical (unpaired) electrons. The molecule has 0 spiro atoms. The summed E-state index contributed by atoms with van der Waals surface area (Å²) in [7, 11) is -4.10. The third kappa shape index (κ3) is 9.89. The number of nitrogens with one attached hydrogen (secondary N) is 1. The Bertz CT molecular complexity index is 1400. The minimum atomic E-state index is -4.10. The van der Waals surface area contributed by atoms with Crippen LogP contribution in [0.2, 0.25) is 0 Å². The van der Waals surface area contributed by atoms with Gasteiger partial charge in [0.25, 0.3) is 0 Å². The maximum absolute atomic E-state index is 14.1. The molecule has 0 aromatic heterocycles. The van der Waals surface area contributed by atoms with E-state index in [1.54, 1.807) is 12.1 Å². The highest BCUT2D eigenvalue weighted by Crippen LogP contribution is 2.33. The highest BCUT2D eigenvalue weighted by molar-refractivity contribution is 7.89. The van der Waals surface area contributed by atoms with Crippen LogP contribution in [0.1, 0.15) is 58.4 Å². The van der Waals surface area contributed by atoms with Crippen LogP contribution < -0.4 is 10.1 Å². The number of aliphatic hydroxyl groups is 1. The lowest BCUT2D eigenvalue weighted by Crippen LogP contribution is -2.52. The van der Waals surface area contributed by atoms with E-state index < -0.39 is 39.8 Å². The van der Waals surface area contributed by atoms with E-state index in [-0.39, 0.29) is 49.6 Å². The number of ether oxygens (including phenoxy) is 4. The number of alkyl carbamates (subject to hydrolysis) is 1. The summed E-state index contributed by atoms with van der Waals surface area (Å²) in [6.45, 7) is 6.90. The topological polar surface area (TPSA) is 147 Å². The van der Waals surface area contributed by atoms with Crippen LogP contribution in [0.15, 0.2) is 59.5 Å². The lowest BCUT2D eigenvalue weighted by molar-refractivity contribution is -0.0907. The molecule has 2 fully saturated rings. The number of amides is 1. The van der Waals surface area contributed by atoms with Crippen molar-refractivity contribution >= 4 is 16.1 Å². The van der Waals surface area contributed by atoms with Crippen molar-refractivity contribution in [3.63, 3.8) is 0 Å². The fourth-order valence-corrected chi connectivity index (χ4v) is 7.39. The SMILES string of the molecule is CCCCOc1ccc(S(=O)(=O)N(C[C@@H](O)C(Cc2ccccc2)NC(=O)O[C@H]2CO[C@H]3OCC[C@H]32)CC(C)(C)CCC#N)cc1. The van der Waals surface area contributed by atoms with E-state index in [9.17, 15) is 23.6 Å². The van der Waals surface area contributed by atoms with Crippen molar-refractivity contribution < 1.29 is 37.3 Å². The van der Waals surface area contributed by atoms with Crippen molar-refractivity contribution in [3.8, 4) is 11.8 Å². The van der Waals surface area contributed by atoms with Crippen molar-refractivity contribution in [3.05, 3.63) is 60.2 Å². The molecule has 2 aliphatic heterocycles. The maximum atomic E-state index is 14.1. The Labute approximate surface area is 272 Å². The molecule has 0 saturated carbocycles. The summed E-state index contributed by atoms with van der Waals surface area (Å²) in [5.41, 5.74) is 0.276. The second-order valence-corrected chi connectivity index (χ2v) is 14.7. The first kappa shape index (κ1) is 35.6. The van der Waals surface area contributed by atoms with Gasteiger partial charge < -0.3 is 29.4 Å². The molecule has 0 bridgehead atoms.